The van der Waals surface area contributed by atoms with Gasteiger partial charge in [0, 0.05) is 6.04 Å². The Hall–Kier alpha value is -0.820. The van der Waals surface area contributed by atoms with E-state index >= 15 is 0 Å². The van der Waals surface area contributed by atoms with Crippen molar-refractivity contribution in [2.24, 2.45) is 5.92 Å². The van der Waals surface area contributed by atoms with E-state index in [0.717, 1.165) is 5.92 Å². The smallest absolute Gasteiger partial charge is 0.0346 e. The first-order valence-electron chi connectivity index (χ1n) is 7.02. The summed E-state index contributed by atoms with van der Waals surface area (Å²) in [5, 5.41) is 3.49. The van der Waals surface area contributed by atoms with Gasteiger partial charge in [0.05, 0.1) is 0 Å². The van der Waals surface area contributed by atoms with E-state index in [9.17, 15) is 0 Å². The maximum atomic E-state index is 3.49. The number of aryl methyl sites for hydroxylation is 1. The molecule has 0 heterocycles. The molecule has 1 rings (SSSR count). The van der Waals surface area contributed by atoms with E-state index in [2.05, 4.69) is 57.4 Å². The van der Waals surface area contributed by atoms with Crippen molar-refractivity contribution in [2.75, 3.05) is 7.05 Å². The van der Waals surface area contributed by atoms with E-state index in [4.69, 9.17) is 0 Å². The van der Waals surface area contributed by atoms with Crippen LogP contribution in [0.5, 0.6) is 0 Å². The second-order valence-corrected chi connectivity index (χ2v) is 4.84. The highest BCUT2D eigenvalue weighted by atomic mass is 14.9. The summed E-state index contributed by atoms with van der Waals surface area (Å²) in [6, 6.07) is 9.59. The molecule has 0 bridgehead atoms. The molecule has 1 aromatic rings. The van der Waals surface area contributed by atoms with Crippen LogP contribution >= 0.6 is 0 Å². The van der Waals surface area contributed by atoms with E-state index in [1.165, 1.54) is 36.8 Å². The molecule has 0 saturated carbocycles. The highest BCUT2D eigenvalue weighted by Gasteiger charge is 2.18. The van der Waals surface area contributed by atoms with Crippen molar-refractivity contribution >= 4 is 0 Å². The molecule has 0 fully saturated rings. The molecule has 1 aromatic carbocycles. The third-order valence-electron chi connectivity index (χ3n) is 3.68. The number of hydrogen-bond acceptors (Lipinski definition) is 1. The average molecular weight is 233 g/mol. The third-order valence-corrected chi connectivity index (χ3v) is 3.68. The predicted octanol–water partition coefficient (Wildman–Crippen LogP) is 4.34. The molecule has 0 spiro atoms. The summed E-state index contributed by atoms with van der Waals surface area (Å²) >= 11 is 0. The maximum Gasteiger partial charge on any atom is 0.0346 e. The second kappa shape index (κ2) is 7.50. The van der Waals surface area contributed by atoms with Crippen LogP contribution in [-0.2, 0) is 6.42 Å². The summed E-state index contributed by atoms with van der Waals surface area (Å²) in [6.45, 7) is 6.81. The molecular weight excluding hydrogens is 206 g/mol. The quantitative estimate of drug-likeness (QED) is 0.739. The van der Waals surface area contributed by atoms with Crippen LogP contribution in [0.25, 0.3) is 0 Å². The Balaban J connectivity index is 2.90. The number of nitrogens with one attached hydrogen (secondary N) is 1. The topological polar surface area (TPSA) is 12.0 Å². The summed E-state index contributed by atoms with van der Waals surface area (Å²) in [6.07, 6.45) is 4.88. The molecule has 1 nitrogen and oxygen atoms in total. The molecule has 0 aliphatic carbocycles. The summed E-state index contributed by atoms with van der Waals surface area (Å²) in [4.78, 5) is 0. The van der Waals surface area contributed by atoms with Gasteiger partial charge in [0.2, 0.25) is 0 Å². The first-order chi connectivity index (χ1) is 8.26. The third kappa shape index (κ3) is 3.85. The van der Waals surface area contributed by atoms with Crippen LogP contribution in [0, 0.1) is 5.92 Å². The SMILES string of the molecule is CCCc1cccc(C(NC)C(CC)CC)c1. The Morgan fingerprint density at radius 3 is 2.35 bits per heavy atom. The molecule has 1 unspecified atom stereocenters. The summed E-state index contributed by atoms with van der Waals surface area (Å²) in [5.41, 5.74) is 2.92. The van der Waals surface area contributed by atoms with E-state index in [0.29, 0.717) is 6.04 Å². The minimum absolute atomic E-state index is 0.502. The van der Waals surface area contributed by atoms with Gasteiger partial charge in [0.25, 0.3) is 0 Å². The van der Waals surface area contributed by atoms with Gasteiger partial charge in [-0.25, -0.2) is 0 Å². The van der Waals surface area contributed by atoms with E-state index in [1.807, 2.05) is 0 Å². The van der Waals surface area contributed by atoms with Gasteiger partial charge < -0.3 is 5.32 Å². The van der Waals surface area contributed by atoms with E-state index in [-0.39, 0.29) is 0 Å². The zero-order valence-corrected chi connectivity index (χ0v) is 11.8. The zero-order valence-electron chi connectivity index (χ0n) is 11.8. The van der Waals surface area contributed by atoms with Gasteiger partial charge in [0.15, 0.2) is 0 Å². The van der Waals surface area contributed by atoms with Gasteiger partial charge in [-0.1, -0.05) is 64.3 Å². The monoisotopic (exact) mass is 233 g/mol. The summed E-state index contributed by atoms with van der Waals surface area (Å²) < 4.78 is 0. The van der Waals surface area contributed by atoms with Gasteiger partial charge >= 0.3 is 0 Å². The van der Waals surface area contributed by atoms with Gasteiger partial charge in [-0.15, -0.1) is 0 Å². The molecule has 0 aliphatic rings. The summed E-state index contributed by atoms with van der Waals surface area (Å²) in [7, 11) is 2.08. The Morgan fingerprint density at radius 2 is 1.82 bits per heavy atom. The first kappa shape index (κ1) is 14.2. The normalized spacial score (nSPS) is 13.0. The average Bonchev–Trinajstić information content (AvgIpc) is 2.36. The van der Waals surface area contributed by atoms with Crippen LogP contribution in [0.3, 0.4) is 0 Å². The highest BCUT2D eigenvalue weighted by Crippen LogP contribution is 2.27. The second-order valence-electron chi connectivity index (χ2n) is 4.84. The molecule has 1 N–H and O–H groups in total. The Morgan fingerprint density at radius 1 is 1.12 bits per heavy atom. The fourth-order valence-electron chi connectivity index (χ4n) is 2.67. The zero-order chi connectivity index (χ0) is 12.7. The molecule has 0 radical (unpaired) electrons. The van der Waals surface area contributed by atoms with Crippen molar-refractivity contribution in [1.29, 1.82) is 0 Å². The van der Waals surface area contributed by atoms with E-state index < -0.39 is 0 Å². The van der Waals surface area contributed by atoms with E-state index in [1.54, 1.807) is 0 Å². The summed E-state index contributed by atoms with van der Waals surface area (Å²) in [5.74, 6) is 0.733. The van der Waals surface area contributed by atoms with Gasteiger partial charge in [-0.3, -0.25) is 0 Å². The first-order valence-corrected chi connectivity index (χ1v) is 7.02. The molecule has 0 aliphatic heterocycles. The molecule has 0 saturated heterocycles. The fourth-order valence-corrected chi connectivity index (χ4v) is 2.67. The van der Waals surface area contributed by atoms with Crippen molar-refractivity contribution < 1.29 is 0 Å². The van der Waals surface area contributed by atoms with Crippen LogP contribution in [0.15, 0.2) is 24.3 Å². The van der Waals surface area contributed by atoms with Crippen molar-refractivity contribution in [1.82, 2.24) is 5.32 Å². The molecule has 1 heteroatoms. The predicted molar refractivity (Wildman–Crippen MR) is 76.3 cm³/mol. The number of hydrogen-bond donors (Lipinski definition) is 1. The van der Waals surface area contributed by atoms with Crippen LogP contribution in [-0.4, -0.2) is 7.05 Å². The molecule has 1 atom stereocenters. The van der Waals surface area contributed by atoms with Crippen LogP contribution in [0.2, 0.25) is 0 Å². The number of benzene rings is 1. The maximum absolute atomic E-state index is 3.49. The molecule has 17 heavy (non-hydrogen) atoms. The lowest BCUT2D eigenvalue weighted by molar-refractivity contribution is 0.359. The lowest BCUT2D eigenvalue weighted by Gasteiger charge is -2.25. The van der Waals surface area contributed by atoms with Gasteiger partial charge in [-0.05, 0) is 30.5 Å². The van der Waals surface area contributed by atoms with Crippen LogP contribution in [0.4, 0.5) is 0 Å². The highest BCUT2D eigenvalue weighted by molar-refractivity contribution is 5.26. The molecule has 0 amide bonds. The van der Waals surface area contributed by atoms with Crippen molar-refractivity contribution in [3.8, 4) is 0 Å². The van der Waals surface area contributed by atoms with Gasteiger partial charge in [-0.2, -0.15) is 0 Å². The van der Waals surface area contributed by atoms with Crippen LogP contribution < -0.4 is 5.32 Å². The minimum atomic E-state index is 0.502. The van der Waals surface area contributed by atoms with Crippen molar-refractivity contribution in [2.45, 2.75) is 52.5 Å². The number of rotatable bonds is 7. The molecule has 96 valence electrons. The lowest BCUT2D eigenvalue weighted by Crippen LogP contribution is -2.24. The van der Waals surface area contributed by atoms with Crippen LogP contribution in [0.1, 0.15) is 57.2 Å². The Kier molecular flexibility index (Phi) is 6.28. The fraction of sp³-hybridized carbons (Fsp3) is 0.625. The lowest BCUT2D eigenvalue weighted by atomic mass is 9.88. The van der Waals surface area contributed by atoms with Crippen molar-refractivity contribution in [3.05, 3.63) is 35.4 Å². The largest absolute Gasteiger partial charge is 0.313 e. The van der Waals surface area contributed by atoms with Gasteiger partial charge in [0.1, 0.15) is 0 Å². The minimum Gasteiger partial charge on any atom is -0.313 e. The van der Waals surface area contributed by atoms with Crippen molar-refractivity contribution in [3.63, 3.8) is 0 Å². The Bertz CT molecular complexity index is 315. The Labute approximate surface area is 107 Å². The standard InChI is InChI=1S/C16H27N/c1-5-9-13-10-8-11-15(12-13)16(17-4)14(6-2)7-3/h8,10-12,14,16-17H,5-7,9H2,1-4H3. The molecule has 0 aromatic heterocycles. The molecular formula is C16H27N.